The monoisotopic (exact) mass is 341 g/mol. The van der Waals surface area contributed by atoms with E-state index in [1.807, 2.05) is 37.6 Å². The second kappa shape index (κ2) is 5.65. The molecular weight excluding hydrogens is 326 g/mol. The summed E-state index contributed by atoms with van der Waals surface area (Å²) in [5, 5.41) is 5.24. The number of nitrogens with two attached hydrogens (primary N) is 1. The number of aryl methyl sites for hydroxylation is 1. The van der Waals surface area contributed by atoms with Crippen molar-refractivity contribution in [3.05, 3.63) is 50.7 Å². The zero-order valence-corrected chi connectivity index (χ0v) is 13.5. The first-order chi connectivity index (χ1) is 8.91. The van der Waals surface area contributed by atoms with E-state index < -0.39 is 0 Å². The van der Waals surface area contributed by atoms with Gasteiger partial charge in [0.1, 0.15) is 0 Å². The molecule has 1 heterocycles. The molecule has 2 aromatic rings. The summed E-state index contributed by atoms with van der Waals surface area (Å²) >= 11 is 9.73. The third kappa shape index (κ3) is 2.86. The van der Waals surface area contributed by atoms with Gasteiger partial charge in [0.2, 0.25) is 0 Å². The molecule has 0 bridgehead atoms. The van der Waals surface area contributed by atoms with Gasteiger partial charge in [0.25, 0.3) is 0 Å². The first kappa shape index (κ1) is 14.6. The summed E-state index contributed by atoms with van der Waals surface area (Å²) in [6, 6.07) is 8.03. The minimum Gasteiger partial charge on any atom is -0.326 e. The normalized spacial score (nSPS) is 14.4. The average Bonchev–Trinajstić information content (AvgIpc) is 2.57. The van der Waals surface area contributed by atoms with Crippen LogP contribution in [0.5, 0.6) is 0 Å². The predicted molar refractivity (Wildman–Crippen MR) is 82.6 cm³/mol. The van der Waals surface area contributed by atoms with Gasteiger partial charge in [-0.3, -0.25) is 4.68 Å². The second-order valence-corrected chi connectivity index (χ2v) is 6.08. The summed E-state index contributed by atoms with van der Waals surface area (Å²) < 4.78 is 2.95. The molecule has 2 rings (SSSR count). The van der Waals surface area contributed by atoms with E-state index in [9.17, 15) is 0 Å². The van der Waals surface area contributed by atoms with Crippen molar-refractivity contribution in [3.8, 4) is 0 Å². The lowest BCUT2D eigenvalue weighted by Gasteiger charge is -2.23. The molecule has 2 N–H and O–H groups in total. The maximum Gasteiger partial charge on any atom is 0.0920 e. The van der Waals surface area contributed by atoms with Crippen LogP contribution >= 0.6 is 27.5 Å². The van der Waals surface area contributed by atoms with Gasteiger partial charge in [-0.05, 0) is 38.5 Å². The van der Waals surface area contributed by atoms with Crippen molar-refractivity contribution in [2.24, 2.45) is 5.73 Å². The van der Waals surface area contributed by atoms with E-state index in [4.69, 9.17) is 17.3 Å². The Morgan fingerprint density at radius 3 is 2.53 bits per heavy atom. The Bertz CT molecular complexity index is 592. The highest BCUT2D eigenvalue weighted by molar-refractivity contribution is 9.10. The van der Waals surface area contributed by atoms with E-state index in [1.54, 1.807) is 0 Å². The molecule has 0 spiro atoms. The largest absolute Gasteiger partial charge is 0.326 e. The number of rotatable bonds is 3. The molecule has 2 unspecified atom stereocenters. The molecule has 0 amide bonds. The van der Waals surface area contributed by atoms with Gasteiger partial charge in [-0.15, -0.1) is 0 Å². The Morgan fingerprint density at radius 1 is 1.37 bits per heavy atom. The highest BCUT2D eigenvalue weighted by atomic mass is 79.9. The number of nitrogens with zero attached hydrogens (tertiary/aromatic N) is 2. The fourth-order valence-electron chi connectivity index (χ4n) is 2.27. The maximum absolute atomic E-state index is 6.23. The average molecular weight is 343 g/mol. The van der Waals surface area contributed by atoms with Crippen LogP contribution in [0.4, 0.5) is 0 Å². The lowest BCUT2D eigenvalue weighted by atomic mass is 10.0. The summed E-state index contributed by atoms with van der Waals surface area (Å²) in [4.78, 5) is 0. The molecule has 1 aromatic carbocycles. The molecule has 2 atom stereocenters. The summed E-state index contributed by atoms with van der Waals surface area (Å²) in [5.41, 5.74) is 9.06. The molecule has 3 nitrogen and oxygen atoms in total. The Labute approximate surface area is 126 Å². The second-order valence-electron chi connectivity index (χ2n) is 4.79. The SMILES string of the molecule is Cc1nn(C(c2cccc(Br)c2)C(C)N)c(C)c1Cl. The summed E-state index contributed by atoms with van der Waals surface area (Å²) in [7, 11) is 0. The number of hydrogen-bond acceptors (Lipinski definition) is 2. The zero-order valence-electron chi connectivity index (χ0n) is 11.2. The van der Waals surface area contributed by atoms with Crippen LogP contribution in [0, 0.1) is 13.8 Å². The van der Waals surface area contributed by atoms with Crippen molar-refractivity contribution in [2.75, 3.05) is 0 Å². The van der Waals surface area contributed by atoms with Crippen molar-refractivity contribution in [1.29, 1.82) is 0 Å². The Morgan fingerprint density at radius 2 is 2.05 bits per heavy atom. The summed E-state index contributed by atoms with van der Waals surface area (Å²) in [6.45, 7) is 5.86. The van der Waals surface area contributed by atoms with Crippen molar-refractivity contribution < 1.29 is 0 Å². The molecule has 0 aliphatic rings. The molecule has 19 heavy (non-hydrogen) atoms. The smallest absolute Gasteiger partial charge is 0.0920 e. The molecule has 0 saturated carbocycles. The lowest BCUT2D eigenvalue weighted by Crippen LogP contribution is -2.31. The van der Waals surface area contributed by atoms with Crippen molar-refractivity contribution in [2.45, 2.75) is 32.9 Å². The third-order valence-electron chi connectivity index (χ3n) is 3.19. The quantitative estimate of drug-likeness (QED) is 0.920. The lowest BCUT2D eigenvalue weighted by molar-refractivity contribution is 0.443. The Balaban J connectivity index is 2.55. The van der Waals surface area contributed by atoms with Crippen LogP contribution in [0.1, 0.15) is 29.9 Å². The molecule has 0 aliphatic heterocycles. The minimum atomic E-state index is -0.0663. The first-order valence-corrected chi connectivity index (χ1v) is 7.31. The van der Waals surface area contributed by atoms with E-state index in [1.165, 1.54) is 0 Å². The van der Waals surface area contributed by atoms with Crippen LogP contribution < -0.4 is 5.73 Å². The summed E-state index contributed by atoms with van der Waals surface area (Å²) in [5.74, 6) is 0. The Kier molecular flexibility index (Phi) is 4.33. The molecule has 102 valence electrons. The minimum absolute atomic E-state index is 0.0244. The number of hydrogen-bond donors (Lipinski definition) is 1. The predicted octanol–water partition coefficient (Wildman–Crippen LogP) is 3.85. The highest BCUT2D eigenvalue weighted by Gasteiger charge is 2.23. The highest BCUT2D eigenvalue weighted by Crippen LogP contribution is 2.28. The molecule has 1 aromatic heterocycles. The van der Waals surface area contributed by atoms with Gasteiger partial charge >= 0.3 is 0 Å². The van der Waals surface area contributed by atoms with Gasteiger partial charge in [-0.25, -0.2) is 0 Å². The number of aromatic nitrogens is 2. The topological polar surface area (TPSA) is 43.8 Å². The van der Waals surface area contributed by atoms with E-state index >= 15 is 0 Å². The number of halogens is 2. The molecule has 5 heteroatoms. The first-order valence-electron chi connectivity index (χ1n) is 6.14. The molecule has 0 fully saturated rings. The zero-order chi connectivity index (χ0) is 14.2. The van der Waals surface area contributed by atoms with Gasteiger partial charge in [0, 0.05) is 10.5 Å². The van der Waals surface area contributed by atoms with Crippen LogP contribution in [0.3, 0.4) is 0 Å². The van der Waals surface area contributed by atoms with Gasteiger partial charge in [-0.2, -0.15) is 5.10 Å². The van der Waals surface area contributed by atoms with Gasteiger partial charge in [0.05, 0.1) is 22.5 Å². The van der Waals surface area contributed by atoms with Gasteiger partial charge in [0.15, 0.2) is 0 Å². The maximum atomic E-state index is 6.23. The van der Waals surface area contributed by atoms with E-state index in [-0.39, 0.29) is 12.1 Å². The van der Waals surface area contributed by atoms with Crippen LogP contribution in [0.2, 0.25) is 5.02 Å². The van der Waals surface area contributed by atoms with Gasteiger partial charge < -0.3 is 5.73 Å². The van der Waals surface area contributed by atoms with E-state index in [0.717, 1.165) is 21.4 Å². The standard InChI is InChI=1S/C14H17BrClN3/c1-8(17)14(11-5-4-6-12(15)7-11)19-10(3)13(16)9(2)18-19/h4-8,14H,17H2,1-3H3. The third-order valence-corrected chi connectivity index (χ3v) is 4.23. The molecule has 0 aliphatic carbocycles. The van der Waals surface area contributed by atoms with Crippen LogP contribution in [0.15, 0.2) is 28.7 Å². The summed E-state index contributed by atoms with van der Waals surface area (Å²) in [6.07, 6.45) is 0. The molecule has 0 saturated heterocycles. The van der Waals surface area contributed by atoms with E-state index in [0.29, 0.717) is 5.02 Å². The van der Waals surface area contributed by atoms with Crippen molar-refractivity contribution in [1.82, 2.24) is 9.78 Å². The van der Waals surface area contributed by atoms with Crippen molar-refractivity contribution in [3.63, 3.8) is 0 Å². The van der Waals surface area contributed by atoms with Crippen LogP contribution in [-0.2, 0) is 0 Å². The van der Waals surface area contributed by atoms with Crippen molar-refractivity contribution >= 4 is 27.5 Å². The number of benzene rings is 1. The van der Waals surface area contributed by atoms with Crippen LogP contribution in [0.25, 0.3) is 0 Å². The fraction of sp³-hybridized carbons (Fsp3) is 0.357. The van der Waals surface area contributed by atoms with Gasteiger partial charge in [-0.1, -0.05) is 39.7 Å². The molecular formula is C14H17BrClN3. The Hall–Kier alpha value is -0.840. The van der Waals surface area contributed by atoms with Crippen LogP contribution in [-0.4, -0.2) is 15.8 Å². The fourth-order valence-corrected chi connectivity index (χ4v) is 2.81. The molecule has 0 radical (unpaired) electrons. The van der Waals surface area contributed by atoms with E-state index in [2.05, 4.69) is 33.2 Å².